The summed E-state index contributed by atoms with van der Waals surface area (Å²) in [6, 6.07) is -0.219. The van der Waals surface area contributed by atoms with Crippen molar-refractivity contribution in [3.63, 3.8) is 0 Å². The number of rotatable bonds is 6. The predicted molar refractivity (Wildman–Crippen MR) is 167 cm³/mol. The predicted octanol–water partition coefficient (Wildman–Crippen LogP) is 3.72. The number of ether oxygens (including phenoxy) is 7. The molecule has 3 aliphatic rings. The van der Waals surface area contributed by atoms with Crippen LogP contribution >= 0.6 is 0 Å². The summed E-state index contributed by atoms with van der Waals surface area (Å²) in [4.78, 5) is 40.3. The van der Waals surface area contributed by atoms with Gasteiger partial charge in [0.05, 0.1) is 35.9 Å². The number of hydrogen-bond donors (Lipinski definition) is 2. The SMILES string of the molecule is CC[C@H]1OC(=O)[C@H](C)[C@@H](O)[C@H](C)[C@@H](O[C@@H]2O[C@H](C)C[C@H](N(C)C)[C@H]2OC(C)=O)[C@@](C)(OC)C[C@@H](C)C(=N)[C@H](C)[C@H]2OC(=O)O[C@@]21C. The molecule has 3 saturated heterocycles. The minimum absolute atomic E-state index is 0.219. The molecule has 0 aliphatic carbocycles. The highest BCUT2D eigenvalue weighted by molar-refractivity contribution is 5.87. The summed E-state index contributed by atoms with van der Waals surface area (Å²) in [5, 5.41) is 21.0. The maximum atomic E-state index is 13.6. The summed E-state index contributed by atoms with van der Waals surface area (Å²) in [5.74, 6) is -3.93. The van der Waals surface area contributed by atoms with Crippen LogP contribution in [-0.4, -0.2) is 115 Å². The van der Waals surface area contributed by atoms with E-state index in [4.69, 9.17) is 33.2 Å². The van der Waals surface area contributed by atoms with Gasteiger partial charge in [0.1, 0.15) is 6.10 Å². The first kappa shape index (κ1) is 38.1. The summed E-state index contributed by atoms with van der Waals surface area (Å²) in [5.41, 5.74) is -2.21. The Morgan fingerprint density at radius 3 is 2.26 bits per heavy atom. The number of likely N-dealkylation sites (N-methyl/N-ethyl adjacent to an activating group) is 1. The largest absolute Gasteiger partial charge is 0.509 e. The van der Waals surface area contributed by atoms with Crippen LogP contribution in [0, 0.1) is 29.1 Å². The van der Waals surface area contributed by atoms with E-state index in [1.165, 1.54) is 14.0 Å². The quantitative estimate of drug-likeness (QED) is 0.315. The monoisotopic (exact) mass is 656 g/mol. The fraction of sp³-hybridized carbons (Fsp3) is 0.879. The van der Waals surface area contributed by atoms with Gasteiger partial charge >= 0.3 is 18.1 Å². The average molecular weight is 657 g/mol. The number of nitrogens with zero attached hydrogens (tertiary/aromatic N) is 1. The maximum Gasteiger partial charge on any atom is 0.509 e. The summed E-state index contributed by atoms with van der Waals surface area (Å²) < 4.78 is 42.2. The molecule has 0 spiro atoms. The van der Waals surface area contributed by atoms with Crippen LogP contribution in [0.5, 0.6) is 0 Å². The van der Waals surface area contributed by atoms with Gasteiger partial charge < -0.3 is 48.6 Å². The minimum Gasteiger partial charge on any atom is -0.458 e. The Kier molecular flexibility index (Phi) is 12.3. The van der Waals surface area contributed by atoms with Crippen molar-refractivity contribution in [2.24, 2.45) is 23.7 Å². The van der Waals surface area contributed by atoms with Crippen molar-refractivity contribution in [2.45, 2.75) is 142 Å². The van der Waals surface area contributed by atoms with Crippen LogP contribution in [0.3, 0.4) is 0 Å². The van der Waals surface area contributed by atoms with E-state index in [1.807, 2.05) is 39.8 Å². The molecule has 3 rings (SSSR count). The molecule has 46 heavy (non-hydrogen) atoms. The number of hydrogen-bond acceptors (Lipinski definition) is 13. The van der Waals surface area contributed by atoms with Gasteiger partial charge in [-0.1, -0.05) is 27.7 Å². The van der Waals surface area contributed by atoms with Crippen molar-refractivity contribution in [3.8, 4) is 0 Å². The van der Waals surface area contributed by atoms with Crippen molar-refractivity contribution >= 4 is 23.8 Å². The van der Waals surface area contributed by atoms with Crippen molar-refractivity contribution in [2.75, 3.05) is 21.2 Å². The number of carbonyl (C=O) groups is 3. The number of fused-ring (bicyclic) bond motifs is 1. The molecule has 3 fully saturated rings. The van der Waals surface area contributed by atoms with Crippen LogP contribution in [0.1, 0.15) is 81.6 Å². The molecule has 13 heteroatoms. The van der Waals surface area contributed by atoms with Gasteiger partial charge in [-0.05, 0) is 67.0 Å². The zero-order chi connectivity index (χ0) is 34.9. The standard InChI is InChI=1S/C33H56N2O11/c1-13-23-33(9)28(45-31(39)46-33)18(4)24(34)16(2)15-32(8,40-12)27(19(5)25(37)20(6)29(38)43-23)44-30-26(42-21(7)36)22(35(10)11)14-17(3)41-30/h16-20,22-23,25-28,30,34,37H,13-15H2,1-12H3/t16-,17-,18+,19+,20-,22+,23-,25+,26-,27-,28-,30+,32+,33-/m1/s1. The number of aliphatic hydroxyl groups excluding tert-OH is 1. The van der Waals surface area contributed by atoms with Gasteiger partial charge in [0.15, 0.2) is 24.1 Å². The molecule has 3 heterocycles. The van der Waals surface area contributed by atoms with Gasteiger partial charge in [-0.3, -0.25) is 9.59 Å². The van der Waals surface area contributed by atoms with Gasteiger partial charge in [-0.15, -0.1) is 0 Å². The van der Waals surface area contributed by atoms with E-state index in [9.17, 15) is 24.9 Å². The number of cyclic esters (lactones) is 1. The van der Waals surface area contributed by atoms with Crippen LogP contribution in [0.4, 0.5) is 4.79 Å². The second-order valence-electron chi connectivity index (χ2n) is 14.1. The van der Waals surface area contributed by atoms with Crippen LogP contribution < -0.4 is 0 Å². The molecular weight excluding hydrogens is 600 g/mol. The third-order valence-corrected chi connectivity index (χ3v) is 10.3. The molecule has 0 aromatic heterocycles. The Morgan fingerprint density at radius 2 is 1.72 bits per heavy atom. The number of carbonyl (C=O) groups excluding carboxylic acids is 3. The average Bonchev–Trinajstić information content (AvgIpc) is 3.30. The highest BCUT2D eigenvalue weighted by Gasteiger charge is 2.58. The zero-order valence-electron chi connectivity index (χ0n) is 29.5. The molecular formula is C33H56N2O11. The Balaban J connectivity index is 2.12. The third kappa shape index (κ3) is 7.69. The first-order chi connectivity index (χ1) is 21.3. The van der Waals surface area contributed by atoms with Crippen LogP contribution in [-0.2, 0) is 42.7 Å². The summed E-state index contributed by atoms with van der Waals surface area (Å²) in [6.07, 6.45) is -5.76. The normalized spacial score (nSPS) is 44.4. The van der Waals surface area contributed by atoms with Crippen molar-refractivity contribution in [1.29, 1.82) is 5.41 Å². The molecule has 14 atom stereocenters. The first-order valence-electron chi connectivity index (χ1n) is 16.4. The number of nitrogens with one attached hydrogen (secondary N) is 1. The molecule has 13 nitrogen and oxygen atoms in total. The summed E-state index contributed by atoms with van der Waals surface area (Å²) in [6.45, 7) is 15.5. The van der Waals surface area contributed by atoms with E-state index in [1.54, 1.807) is 34.6 Å². The lowest BCUT2D eigenvalue weighted by Crippen LogP contribution is -2.61. The van der Waals surface area contributed by atoms with Gasteiger partial charge in [-0.25, -0.2) is 4.79 Å². The number of esters is 2. The number of aliphatic hydroxyl groups is 1. The van der Waals surface area contributed by atoms with Crippen LogP contribution in [0.25, 0.3) is 0 Å². The third-order valence-electron chi connectivity index (χ3n) is 10.3. The molecule has 0 aromatic carbocycles. The molecule has 0 amide bonds. The molecule has 0 bridgehead atoms. The highest BCUT2D eigenvalue weighted by Crippen LogP contribution is 2.42. The molecule has 0 saturated carbocycles. The van der Waals surface area contributed by atoms with Gasteiger partial charge in [0.25, 0.3) is 0 Å². The summed E-state index contributed by atoms with van der Waals surface area (Å²) in [7, 11) is 5.32. The van der Waals surface area contributed by atoms with E-state index < -0.39 is 89.8 Å². The van der Waals surface area contributed by atoms with Gasteiger partial charge in [0, 0.05) is 31.6 Å². The van der Waals surface area contributed by atoms with E-state index in [-0.39, 0.29) is 24.3 Å². The molecule has 0 radical (unpaired) electrons. The smallest absolute Gasteiger partial charge is 0.458 e. The van der Waals surface area contributed by atoms with Crippen molar-refractivity contribution < 1.29 is 52.6 Å². The fourth-order valence-corrected chi connectivity index (χ4v) is 7.53. The highest BCUT2D eigenvalue weighted by atomic mass is 16.8. The van der Waals surface area contributed by atoms with E-state index in [2.05, 4.69) is 0 Å². The second-order valence-corrected chi connectivity index (χ2v) is 14.1. The van der Waals surface area contributed by atoms with Gasteiger partial charge in [-0.2, -0.15) is 0 Å². The Hall–Kier alpha value is -2.32. The number of methoxy groups -OCH3 is 1. The second kappa shape index (κ2) is 14.8. The topological polar surface area (TPSA) is 163 Å². The summed E-state index contributed by atoms with van der Waals surface area (Å²) >= 11 is 0. The van der Waals surface area contributed by atoms with E-state index in [0.717, 1.165) is 0 Å². The lowest BCUT2D eigenvalue weighted by molar-refractivity contribution is -0.303. The van der Waals surface area contributed by atoms with E-state index >= 15 is 0 Å². The van der Waals surface area contributed by atoms with Crippen molar-refractivity contribution in [1.82, 2.24) is 4.90 Å². The van der Waals surface area contributed by atoms with Gasteiger partial charge in [0.2, 0.25) is 0 Å². The first-order valence-corrected chi connectivity index (χ1v) is 16.4. The molecule has 264 valence electrons. The molecule has 0 aromatic rings. The maximum absolute atomic E-state index is 13.6. The Morgan fingerprint density at radius 1 is 1.09 bits per heavy atom. The minimum atomic E-state index is -1.35. The van der Waals surface area contributed by atoms with Crippen LogP contribution in [0.15, 0.2) is 0 Å². The van der Waals surface area contributed by atoms with Crippen molar-refractivity contribution in [3.05, 3.63) is 0 Å². The fourth-order valence-electron chi connectivity index (χ4n) is 7.53. The Bertz CT molecular complexity index is 1120. The Labute approximate surface area is 273 Å². The molecule has 0 unspecified atom stereocenters. The van der Waals surface area contributed by atoms with E-state index in [0.29, 0.717) is 12.8 Å². The zero-order valence-corrected chi connectivity index (χ0v) is 29.5. The molecule has 2 N–H and O–H groups in total. The molecule has 3 aliphatic heterocycles. The lowest BCUT2D eigenvalue weighted by Gasteiger charge is -2.48. The lowest BCUT2D eigenvalue weighted by atomic mass is 9.73. The van der Waals surface area contributed by atoms with Crippen LogP contribution in [0.2, 0.25) is 0 Å².